The maximum absolute atomic E-state index is 14.2. The van der Waals surface area contributed by atoms with E-state index in [1.165, 1.54) is 32.1 Å². The first-order chi connectivity index (χ1) is 6.70. The molecule has 84 valence electrons. The second kappa shape index (κ2) is 5.69. The summed E-state index contributed by atoms with van der Waals surface area (Å²) in [6, 6.07) is 0. The van der Waals surface area contributed by atoms with Gasteiger partial charge in [-0.2, -0.15) is 0 Å². The first-order valence-corrected chi connectivity index (χ1v) is 6.09. The Morgan fingerprint density at radius 1 is 1.29 bits per heavy atom. The van der Waals surface area contributed by atoms with E-state index < -0.39 is 5.67 Å². The van der Waals surface area contributed by atoms with Crippen LogP contribution in [0.3, 0.4) is 0 Å². The molecule has 2 N–H and O–H groups in total. The molecular formula is C12H24FN. The number of halogens is 1. The number of nitrogens with two attached hydrogens (primary N) is 1. The molecule has 14 heavy (non-hydrogen) atoms. The maximum atomic E-state index is 14.2. The van der Waals surface area contributed by atoms with Crippen molar-refractivity contribution in [1.82, 2.24) is 0 Å². The Kier molecular flexibility index (Phi) is 4.86. The van der Waals surface area contributed by atoms with Crippen LogP contribution in [-0.4, -0.2) is 12.2 Å². The monoisotopic (exact) mass is 201 g/mol. The number of hydrogen-bond acceptors (Lipinski definition) is 1. The van der Waals surface area contributed by atoms with Crippen LogP contribution in [-0.2, 0) is 0 Å². The van der Waals surface area contributed by atoms with E-state index in [-0.39, 0.29) is 6.54 Å². The van der Waals surface area contributed by atoms with Crippen molar-refractivity contribution in [2.75, 3.05) is 6.54 Å². The fraction of sp³-hybridized carbons (Fsp3) is 1.00. The third-order valence-electron chi connectivity index (χ3n) is 3.44. The third kappa shape index (κ3) is 3.56. The summed E-state index contributed by atoms with van der Waals surface area (Å²) in [4.78, 5) is 0. The molecule has 0 heterocycles. The Balaban J connectivity index is 2.37. The highest BCUT2D eigenvalue weighted by atomic mass is 19.1. The van der Waals surface area contributed by atoms with Gasteiger partial charge in [0, 0.05) is 6.54 Å². The third-order valence-corrected chi connectivity index (χ3v) is 3.44. The van der Waals surface area contributed by atoms with Crippen molar-refractivity contribution < 1.29 is 4.39 Å². The zero-order chi connectivity index (χ0) is 10.4. The summed E-state index contributed by atoms with van der Waals surface area (Å²) in [6.45, 7) is 2.24. The van der Waals surface area contributed by atoms with Gasteiger partial charge in [-0.1, -0.05) is 45.4 Å². The van der Waals surface area contributed by atoms with Crippen LogP contribution in [0.15, 0.2) is 0 Å². The SMILES string of the molecule is CCCC(F)(CN)CC1CCCCC1. The first kappa shape index (κ1) is 12.0. The summed E-state index contributed by atoms with van der Waals surface area (Å²) in [6.07, 6.45) is 8.60. The molecule has 1 atom stereocenters. The minimum Gasteiger partial charge on any atom is -0.328 e. The van der Waals surface area contributed by atoms with Gasteiger partial charge in [-0.3, -0.25) is 0 Å². The Labute approximate surface area is 87.3 Å². The molecule has 0 aromatic heterocycles. The largest absolute Gasteiger partial charge is 0.328 e. The molecule has 0 saturated heterocycles. The van der Waals surface area contributed by atoms with Crippen molar-refractivity contribution in [3.8, 4) is 0 Å². The average Bonchev–Trinajstić information content (AvgIpc) is 2.20. The lowest BCUT2D eigenvalue weighted by molar-refractivity contribution is 0.107. The van der Waals surface area contributed by atoms with Crippen molar-refractivity contribution >= 4 is 0 Å². The van der Waals surface area contributed by atoms with Gasteiger partial charge >= 0.3 is 0 Å². The maximum Gasteiger partial charge on any atom is 0.123 e. The van der Waals surface area contributed by atoms with Gasteiger partial charge in [0.25, 0.3) is 0 Å². The molecule has 0 amide bonds. The van der Waals surface area contributed by atoms with Crippen molar-refractivity contribution in [3.05, 3.63) is 0 Å². The molecule has 0 spiro atoms. The normalized spacial score (nSPS) is 23.4. The van der Waals surface area contributed by atoms with E-state index in [4.69, 9.17) is 5.73 Å². The molecular weight excluding hydrogens is 177 g/mol. The van der Waals surface area contributed by atoms with Crippen LogP contribution in [0.25, 0.3) is 0 Å². The van der Waals surface area contributed by atoms with Crippen LogP contribution in [0.4, 0.5) is 4.39 Å². The summed E-state index contributed by atoms with van der Waals surface area (Å²) in [5.41, 5.74) is 4.46. The summed E-state index contributed by atoms with van der Waals surface area (Å²) in [7, 11) is 0. The van der Waals surface area contributed by atoms with Crippen molar-refractivity contribution in [3.63, 3.8) is 0 Å². The molecule has 1 fully saturated rings. The van der Waals surface area contributed by atoms with Crippen LogP contribution in [0, 0.1) is 5.92 Å². The Bertz CT molecular complexity index is 154. The number of hydrogen-bond donors (Lipinski definition) is 1. The predicted octanol–water partition coefficient (Wildman–Crippen LogP) is 3.42. The van der Waals surface area contributed by atoms with Crippen LogP contribution in [0.5, 0.6) is 0 Å². The molecule has 0 aromatic rings. The van der Waals surface area contributed by atoms with E-state index in [1.807, 2.05) is 6.92 Å². The Morgan fingerprint density at radius 2 is 1.93 bits per heavy atom. The van der Waals surface area contributed by atoms with E-state index in [1.54, 1.807) is 0 Å². The molecule has 1 saturated carbocycles. The Hall–Kier alpha value is -0.110. The van der Waals surface area contributed by atoms with Crippen LogP contribution < -0.4 is 5.73 Å². The summed E-state index contributed by atoms with van der Waals surface area (Å²) in [5, 5.41) is 0. The lowest BCUT2D eigenvalue weighted by atomic mass is 9.80. The molecule has 2 heteroatoms. The zero-order valence-electron chi connectivity index (χ0n) is 9.40. The van der Waals surface area contributed by atoms with E-state index in [2.05, 4.69) is 0 Å². The van der Waals surface area contributed by atoms with Crippen molar-refractivity contribution in [2.24, 2.45) is 11.7 Å². The summed E-state index contributed by atoms with van der Waals surface area (Å²) in [5.74, 6) is 0.601. The second-order valence-corrected chi connectivity index (χ2v) is 4.81. The average molecular weight is 201 g/mol. The van der Waals surface area contributed by atoms with Gasteiger partial charge in [0.2, 0.25) is 0 Å². The van der Waals surface area contributed by atoms with Crippen LogP contribution >= 0.6 is 0 Å². The fourth-order valence-corrected chi connectivity index (χ4v) is 2.64. The predicted molar refractivity (Wildman–Crippen MR) is 59.0 cm³/mol. The molecule has 0 aliphatic heterocycles. The lowest BCUT2D eigenvalue weighted by Gasteiger charge is -2.30. The van der Waals surface area contributed by atoms with Gasteiger partial charge in [-0.05, 0) is 18.8 Å². The molecule has 1 unspecified atom stereocenters. The topological polar surface area (TPSA) is 26.0 Å². The van der Waals surface area contributed by atoms with Gasteiger partial charge in [-0.15, -0.1) is 0 Å². The molecule has 0 aromatic carbocycles. The zero-order valence-corrected chi connectivity index (χ0v) is 9.40. The molecule has 0 radical (unpaired) electrons. The number of rotatable bonds is 5. The fourth-order valence-electron chi connectivity index (χ4n) is 2.64. The Morgan fingerprint density at radius 3 is 2.43 bits per heavy atom. The molecule has 0 bridgehead atoms. The smallest absolute Gasteiger partial charge is 0.123 e. The summed E-state index contributed by atoms with van der Waals surface area (Å²) < 4.78 is 14.2. The van der Waals surface area contributed by atoms with Crippen molar-refractivity contribution in [1.29, 1.82) is 0 Å². The van der Waals surface area contributed by atoms with Crippen LogP contribution in [0.2, 0.25) is 0 Å². The van der Waals surface area contributed by atoms with Crippen LogP contribution in [0.1, 0.15) is 58.3 Å². The molecule has 1 aliphatic carbocycles. The summed E-state index contributed by atoms with van der Waals surface area (Å²) >= 11 is 0. The highest BCUT2D eigenvalue weighted by molar-refractivity contribution is 4.84. The standard InChI is InChI=1S/C12H24FN/c1-2-8-12(13,10-14)9-11-6-4-3-5-7-11/h11H,2-10,14H2,1H3. The number of alkyl halides is 1. The van der Waals surface area contributed by atoms with Gasteiger partial charge in [0.1, 0.15) is 5.67 Å². The van der Waals surface area contributed by atoms with Crippen molar-refractivity contribution in [2.45, 2.75) is 64.0 Å². The van der Waals surface area contributed by atoms with Gasteiger partial charge in [0.05, 0.1) is 0 Å². The quantitative estimate of drug-likeness (QED) is 0.724. The minimum absolute atomic E-state index is 0.206. The van der Waals surface area contributed by atoms with Gasteiger partial charge in [-0.25, -0.2) is 4.39 Å². The van der Waals surface area contributed by atoms with Gasteiger partial charge < -0.3 is 5.73 Å². The first-order valence-electron chi connectivity index (χ1n) is 6.09. The van der Waals surface area contributed by atoms with E-state index in [9.17, 15) is 4.39 Å². The van der Waals surface area contributed by atoms with E-state index in [0.29, 0.717) is 18.8 Å². The second-order valence-electron chi connectivity index (χ2n) is 4.81. The lowest BCUT2D eigenvalue weighted by Crippen LogP contribution is -2.35. The highest BCUT2D eigenvalue weighted by Crippen LogP contribution is 2.34. The highest BCUT2D eigenvalue weighted by Gasteiger charge is 2.30. The van der Waals surface area contributed by atoms with E-state index in [0.717, 1.165) is 6.42 Å². The van der Waals surface area contributed by atoms with E-state index >= 15 is 0 Å². The molecule has 1 rings (SSSR count). The molecule has 1 aliphatic rings. The molecule has 1 nitrogen and oxygen atoms in total. The minimum atomic E-state index is -1.07. The van der Waals surface area contributed by atoms with Gasteiger partial charge in [0.15, 0.2) is 0 Å².